The second-order valence-corrected chi connectivity index (χ2v) is 3.99. The van der Waals surface area contributed by atoms with Gasteiger partial charge in [0.15, 0.2) is 0 Å². The zero-order chi connectivity index (χ0) is 8.32. The van der Waals surface area contributed by atoms with Crippen LogP contribution in [0, 0.1) is 0 Å². The lowest BCUT2D eigenvalue weighted by Gasteiger charge is -2.11. The van der Waals surface area contributed by atoms with Crippen molar-refractivity contribution in [2.45, 2.75) is 17.6 Å². The van der Waals surface area contributed by atoms with Gasteiger partial charge in [0.05, 0.1) is 0 Å². The minimum atomic E-state index is -0.301. The summed E-state index contributed by atoms with van der Waals surface area (Å²) in [5, 5.41) is 2.69. The van der Waals surface area contributed by atoms with Crippen molar-refractivity contribution in [1.82, 2.24) is 10.7 Å². The predicted molar refractivity (Wildman–Crippen MR) is 46.2 cm³/mol. The smallest absolute Gasteiger partial charge is 0.328 e. The molecule has 1 fully saturated rings. The van der Waals surface area contributed by atoms with Crippen LogP contribution in [0.5, 0.6) is 0 Å². The predicted octanol–water partition coefficient (Wildman–Crippen LogP) is 0.0549. The van der Waals surface area contributed by atoms with Gasteiger partial charge in [-0.25, -0.2) is 10.6 Å². The number of nitrogens with one attached hydrogen (secondary N) is 2. The van der Waals surface area contributed by atoms with Crippen molar-refractivity contribution in [3.8, 4) is 0 Å². The fourth-order valence-corrected chi connectivity index (χ4v) is 1.61. The van der Waals surface area contributed by atoms with E-state index in [-0.39, 0.29) is 6.03 Å². The molecular weight excluding hydrogens is 162 g/mol. The SMILES string of the molecule is CSC1(CNC(=O)NN)CC1. The van der Waals surface area contributed by atoms with E-state index in [1.54, 1.807) is 0 Å². The number of hydrazine groups is 1. The first kappa shape index (κ1) is 8.67. The molecular formula is C6H13N3OS. The number of rotatable bonds is 3. The lowest BCUT2D eigenvalue weighted by Crippen LogP contribution is -2.42. The molecule has 0 heterocycles. The summed E-state index contributed by atoms with van der Waals surface area (Å²) in [4.78, 5) is 10.6. The van der Waals surface area contributed by atoms with Gasteiger partial charge in [0.2, 0.25) is 0 Å². The Balaban J connectivity index is 2.16. The molecule has 1 aliphatic carbocycles. The average molecular weight is 175 g/mol. The molecule has 0 radical (unpaired) electrons. The third-order valence-electron chi connectivity index (χ3n) is 1.94. The van der Waals surface area contributed by atoms with Crippen molar-refractivity contribution in [3.05, 3.63) is 0 Å². The van der Waals surface area contributed by atoms with E-state index in [0.717, 1.165) is 6.54 Å². The summed E-state index contributed by atoms with van der Waals surface area (Å²) < 4.78 is 0.312. The number of urea groups is 1. The molecule has 1 aliphatic rings. The molecule has 11 heavy (non-hydrogen) atoms. The van der Waals surface area contributed by atoms with Gasteiger partial charge in [-0.15, -0.1) is 0 Å². The molecule has 0 aromatic heterocycles. The molecule has 1 saturated carbocycles. The quantitative estimate of drug-likeness (QED) is 0.323. The maximum absolute atomic E-state index is 10.6. The summed E-state index contributed by atoms with van der Waals surface area (Å²) in [6.45, 7) is 0.719. The van der Waals surface area contributed by atoms with E-state index >= 15 is 0 Å². The van der Waals surface area contributed by atoms with Gasteiger partial charge in [-0.1, -0.05) is 0 Å². The third kappa shape index (κ3) is 2.27. The Morgan fingerprint density at radius 3 is 2.73 bits per heavy atom. The minimum absolute atomic E-state index is 0.301. The minimum Gasteiger partial charge on any atom is -0.336 e. The highest BCUT2D eigenvalue weighted by atomic mass is 32.2. The van der Waals surface area contributed by atoms with E-state index in [4.69, 9.17) is 5.84 Å². The van der Waals surface area contributed by atoms with Gasteiger partial charge in [-0.05, 0) is 19.1 Å². The Bertz CT molecular complexity index is 158. The third-order valence-corrected chi connectivity index (χ3v) is 3.36. The van der Waals surface area contributed by atoms with Gasteiger partial charge in [0, 0.05) is 11.3 Å². The van der Waals surface area contributed by atoms with Crippen LogP contribution in [-0.2, 0) is 0 Å². The standard InChI is InChI=1S/C6H13N3OS/c1-11-6(2-3-6)4-8-5(10)9-7/h2-4,7H2,1H3,(H2,8,9,10). The van der Waals surface area contributed by atoms with Gasteiger partial charge in [-0.2, -0.15) is 11.8 Å². The van der Waals surface area contributed by atoms with Gasteiger partial charge >= 0.3 is 6.03 Å². The van der Waals surface area contributed by atoms with E-state index in [1.165, 1.54) is 12.8 Å². The Morgan fingerprint density at radius 2 is 2.36 bits per heavy atom. The number of hydrogen-bond donors (Lipinski definition) is 3. The number of carbonyl (C=O) groups is 1. The van der Waals surface area contributed by atoms with Crippen molar-refractivity contribution in [2.75, 3.05) is 12.8 Å². The van der Waals surface area contributed by atoms with Crippen LogP contribution in [0.2, 0.25) is 0 Å². The molecule has 0 aromatic rings. The zero-order valence-corrected chi connectivity index (χ0v) is 7.33. The molecule has 0 bridgehead atoms. The van der Waals surface area contributed by atoms with Crippen LogP contribution in [0.3, 0.4) is 0 Å². The Morgan fingerprint density at radius 1 is 1.73 bits per heavy atom. The Labute approximate surface area is 70.3 Å². The van der Waals surface area contributed by atoms with Crippen molar-refractivity contribution >= 4 is 17.8 Å². The second-order valence-electron chi connectivity index (χ2n) is 2.71. The van der Waals surface area contributed by atoms with Gasteiger partial charge in [0.25, 0.3) is 0 Å². The van der Waals surface area contributed by atoms with Crippen LogP contribution in [0.4, 0.5) is 4.79 Å². The fourth-order valence-electron chi connectivity index (χ4n) is 0.885. The molecule has 64 valence electrons. The monoisotopic (exact) mass is 175 g/mol. The van der Waals surface area contributed by atoms with Crippen LogP contribution in [-0.4, -0.2) is 23.6 Å². The number of hydrogen-bond acceptors (Lipinski definition) is 3. The lowest BCUT2D eigenvalue weighted by molar-refractivity contribution is 0.241. The first-order valence-electron chi connectivity index (χ1n) is 3.52. The van der Waals surface area contributed by atoms with Crippen molar-refractivity contribution < 1.29 is 4.79 Å². The number of amides is 2. The number of carbonyl (C=O) groups excluding carboxylic acids is 1. The molecule has 4 N–H and O–H groups in total. The van der Waals surface area contributed by atoms with Crippen LogP contribution in [0.25, 0.3) is 0 Å². The second kappa shape index (κ2) is 3.32. The molecule has 0 aromatic carbocycles. The summed E-state index contributed by atoms with van der Waals surface area (Å²) in [5.74, 6) is 4.89. The Hall–Kier alpha value is -0.420. The van der Waals surface area contributed by atoms with Crippen molar-refractivity contribution in [1.29, 1.82) is 0 Å². The molecule has 1 rings (SSSR count). The highest BCUT2D eigenvalue weighted by molar-refractivity contribution is 8.00. The molecule has 0 unspecified atom stereocenters. The highest BCUT2D eigenvalue weighted by Crippen LogP contribution is 2.46. The summed E-state index contributed by atoms with van der Waals surface area (Å²) in [7, 11) is 0. The first-order chi connectivity index (χ1) is 5.22. The number of thioether (sulfide) groups is 1. The summed E-state index contributed by atoms with van der Waals surface area (Å²) in [6, 6.07) is -0.301. The van der Waals surface area contributed by atoms with E-state index in [2.05, 4.69) is 11.6 Å². The maximum Gasteiger partial charge on any atom is 0.328 e. The van der Waals surface area contributed by atoms with E-state index in [0.29, 0.717) is 4.75 Å². The van der Waals surface area contributed by atoms with E-state index in [9.17, 15) is 4.79 Å². The lowest BCUT2D eigenvalue weighted by atomic mass is 10.4. The first-order valence-corrected chi connectivity index (χ1v) is 4.74. The van der Waals surface area contributed by atoms with E-state index in [1.807, 2.05) is 17.2 Å². The fraction of sp³-hybridized carbons (Fsp3) is 0.833. The summed E-state index contributed by atoms with van der Waals surface area (Å²) >= 11 is 1.81. The largest absolute Gasteiger partial charge is 0.336 e. The highest BCUT2D eigenvalue weighted by Gasteiger charge is 2.41. The van der Waals surface area contributed by atoms with Crippen molar-refractivity contribution in [3.63, 3.8) is 0 Å². The van der Waals surface area contributed by atoms with Gasteiger partial charge in [0.1, 0.15) is 0 Å². The normalized spacial score (nSPS) is 19.1. The number of nitrogens with two attached hydrogens (primary N) is 1. The van der Waals surface area contributed by atoms with Crippen molar-refractivity contribution in [2.24, 2.45) is 5.84 Å². The summed E-state index contributed by atoms with van der Waals surface area (Å²) in [6.07, 6.45) is 4.45. The summed E-state index contributed by atoms with van der Waals surface area (Å²) in [5.41, 5.74) is 2.03. The maximum atomic E-state index is 10.6. The zero-order valence-electron chi connectivity index (χ0n) is 6.52. The molecule has 4 nitrogen and oxygen atoms in total. The molecule has 0 aliphatic heterocycles. The molecule has 0 spiro atoms. The molecule has 0 saturated heterocycles. The van der Waals surface area contributed by atoms with E-state index < -0.39 is 0 Å². The van der Waals surface area contributed by atoms with Crippen LogP contribution >= 0.6 is 11.8 Å². The molecule has 0 atom stereocenters. The van der Waals surface area contributed by atoms with Crippen LogP contribution < -0.4 is 16.6 Å². The average Bonchev–Trinajstić information content (AvgIpc) is 2.81. The van der Waals surface area contributed by atoms with Gasteiger partial charge < -0.3 is 5.32 Å². The molecule has 2 amide bonds. The topological polar surface area (TPSA) is 67.2 Å². The van der Waals surface area contributed by atoms with Gasteiger partial charge in [-0.3, -0.25) is 5.43 Å². The molecule has 5 heteroatoms. The Kier molecular flexibility index (Phi) is 2.62. The van der Waals surface area contributed by atoms with Crippen LogP contribution in [0.1, 0.15) is 12.8 Å². The van der Waals surface area contributed by atoms with Crippen LogP contribution in [0.15, 0.2) is 0 Å².